The molecule has 0 amide bonds. The maximum absolute atomic E-state index is 8.71. The van der Waals surface area contributed by atoms with Crippen LogP contribution in [0.5, 0.6) is 0 Å². The molecule has 0 radical (unpaired) electrons. The Morgan fingerprint density at radius 2 is 2.15 bits per heavy atom. The molecule has 3 nitrogen and oxygen atoms in total. The zero-order chi connectivity index (χ0) is 13.9. The molecule has 0 atom stereocenters. The van der Waals surface area contributed by atoms with Gasteiger partial charge in [-0.15, -0.1) is 0 Å². The predicted octanol–water partition coefficient (Wildman–Crippen LogP) is 4.09. The van der Waals surface area contributed by atoms with Crippen LogP contribution in [0.15, 0.2) is 18.2 Å². The van der Waals surface area contributed by atoms with Crippen LogP contribution in [0.2, 0.25) is 5.02 Å². The van der Waals surface area contributed by atoms with E-state index in [1.54, 1.807) is 0 Å². The summed E-state index contributed by atoms with van der Waals surface area (Å²) in [4.78, 5) is 4.78. The molecule has 0 aliphatic heterocycles. The van der Waals surface area contributed by atoms with Gasteiger partial charge >= 0.3 is 0 Å². The van der Waals surface area contributed by atoms with Gasteiger partial charge < -0.3 is 5.32 Å². The molecule has 0 fully saturated rings. The van der Waals surface area contributed by atoms with Crippen molar-refractivity contribution in [3.63, 3.8) is 0 Å². The lowest BCUT2D eigenvalue weighted by Crippen LogP contribution is -2.12. The highest BCUT2D eigenvalue weighted by molar-refractivity contribution is 6.31. The van der Waals surface area contributed by atoms with E-state index >= 15 is 0 Å². The molecule has 1 heterocycles. The van der Waals surface area contributed by atoms with Gasteiger partial charge in [0.2, 0.25) is 0 Å². The molecule has 1 aliphatic rings. The molecule has 1 aromatic heterocycles. The number of aryl methyl sites for hydroxylation is 1. The van der Waals surface area contributed by atoms with Gasteiger partial charge in [0.05, 0.1) is 18.0 Å². The van der Waals surface area contributed by atoms with Crippen molar-refractivity contribution >= 4 is 28.2 Å². The van der Waals surface area contributed by atoms with Crippen LogP contribution < -0.4 is 5.32 Å². The van der Waals surface area contributed by atoms with Crippen molar-refractivity contribution in [2.45, 2.75) is 32.1 Å². The average Bonchev–Trinajstić information content (AvgIpc) is 2.46. The van der Waals surface area contributed by atoms with Gasteiger partial charge in [0.15, 0.2) is 0 Å². The number of nitrogens with zero attached hydrogens (tertiary/aromatic N) is 2. The lowest BCUT2D eigenvalue weighted by Gasteiger charge is -2.21. The largest absolute Gasteiger partial charge is 0.383 e. The van der Waals surface area contributed by atoms with Crippen molar-refractivity contribution in [2.24, 2.45) is 0 Å². The van der Waals surface area contributed by atoms with Crippen LogP contribution >= 0.6 is 11.6 Å². The number of halogens is 1. The van der Waals surface area contributed by atoms with E-state index in [2.05, 4.69) is 11.4 Å². The molecule has 20 heavy (non-hydrogen) atoms. The van der Waals surface area contributed by atoms with E-state index in [0.29, 0.717) is 18.0 Å². The molecule has 0 saturated carbocycles. The number of pyridine rings is 1. The van der Waals surface area contributed by atoms with Gasteiger partial charge in [0.1, 0.15) is 0 Å². The minimum absolute atomic E-state index is 0.506. The lowest BCUT2D eigenvalue weighted by atomic mass is 9.92. The summed E-state index contributed by atoms with van der Waals surface area (Å²) in [5.41, 5.74) is 4.60. The third-order valence-corrected chi connectivity index (χ3v) is 4.00. The maximum Gasteiger partial charge on any atom is 0.0741 e. The summed E-state index contributed by atoms with van der Waals surface area (Å²) >= 11 is 6.08. The van der Waals surface area contributed by atoms with Crippen molar-refractivity contribution in [2.75, 3.05) is 11.9 Å². The number of fused-ring (bicyclic) bond motifs is 2. The van der Waals surface area contributed by atoms with Gasteiger partial charge in [-0.2, -0.15) is 5.26 Å². The van der Waals surface area contributed by atoms with Crippen LogP contribution in [0.1, 0.15) is 30.5 Å². The monoisotopic (exact) mass is 285 g/mol. The smallest absolute Gasteiger partial charge is 0.0741 e. The van der Waals surface area contributed by atoms with Crippen molar-refractivity contribution < 1.29 is 0 Å². The molecule has 0 spiro atoms. The van der Waals surface area contributed by atoms with Crippen molar-refractivity contribution in [3.05, 3.63) is 34.5 Å². The number of anilines is 1. The SMILES string of the molecule is N#CCCNc1c2c(nc3cc(Cl)ccc13)CCCC2. The minimum atomic E-state index is 0.506. The standard InChI is InChI=1S/C16H16ClN3/c17-11-6-7-13-15(10-11)20-14-5-2-1-4-12(14)16(13)19-9-3-8-18/h6-7,10H,1-5,9H2,(H,19,20). The number of rotatable bonds is 3. The molecule has 4 heteroatoms. The van der Waals surface area contributed by atoms with E-state index < -0.39 is 0 Å². The van der Waals surface area contributed by atoms with Crippen molar-refractivity contribution in [1.29, 1.82) is 5.26 Å². The summed E-state index contributed by atoms with van der Waals surface area (Å²) in [6.07, 6.45) is 5.01. The topological polar surface area (TPSA) is 48.7 Å². The van der Waals surface area contributed by atoms with E-state index in [9.17, 15) is 0 Å². The van der Waals surface area contributed by atoms with Crippen LogP contribution in [-0.2, 0) is 12.8 Å². The summed E-state index contributed by atoms with van der Waals surface area (Å²) in [5, 5.41) is 14.0. The van der Waals surface area contributed by atoms with Gasteiger partial charge in [0, 0.05) is 28.3 Å². The Morgan fingerprint density at radius 3 is 3.00 bits per heavy atom. The summed E-state index contributed by atoms with van der Waals surface area (Å²) in [6, 6.07) is 8.02. The number of benzene rings is 1. The van der Waals surface area contributed by atoms with Crippen LogP contribution in [0.25, 0.3) is 10.9 Å². The fraction of sp³-hybridized carbons (Fsp3) is 0.375. The molecule has 0 saturated heterocycles. The Morgan fingerprint density at radius 1 is 1.30 bits per heavy atom. The van der Waals surface area contributed by atoms with Crippen LogP contribution in [0.3, 0.4) is 0 Å². The average molecular weight is 286 g/mol. The Kier molecular flexibility index (Phi) is 3.75. The third-order valence-electron chi connectivity index (χ3n) is 3.76. The first-order valence-electron chi connectivity index (χ1n) is 7.01. The van der Waals surface area contributed by atoms with Crippen LogP contribution in [-0.4, -0.2) is 11.5 Å². The van der Waals surface area contributed by atoms with E-state index in [4.69, 9.17) is 21.8 Å². The van der Waals surface area contributed by atoms with Gasteiger partial charge in [-0.3, -0.25) is 4.98 Å². The second kappa shape index (κ2) is 5.68. The molecular formula is C16H16ClN3. The summed E-state index contributed by atoms with van der Waals surface area (Å²) < 4.78 is 0. The highest BCUT2D eigenvalue weighted by Gasteiger charge is 2.18. The predicted molar refractivity (Wildman–Crippen MR) is 82.1 cm³/mol. The zero-order valence-electron chi connectivity index (χ0n) is 11.2. The molecule has 102 valence electrons. The van der Waals surface area contributed by atoms with Gasteiger partial charge in [-0.05, 0) is 49.4 Å². The first kappa shape index (κ1) is 13.2. The number of nitriles is 1. The molecule has 0 unspecified atom stereocenters. The summed E-state index contributed by atoms with van der Waals surface area (Å²) in [6.45, 7) is 0.671. The van der Waals surface area contributed by atoms with E-state index in [0.717, 1.165) is 29.4 Å². The Hall–Kier alpha value is -1.79. The Bertz CT molecular complexity index is 688. The highest BCUT2D eigenvalue weighted by Crippen LogP contribution is 2.34. The molecule has 3 rings (SSSR count). The van der Waals surface area contributed by atoms with Gasteiger partial charge in [-0.1, -0.05) is 11.6 Å². The molecule has 0 bridgehead atoms. The third kappa shape index (κ3) is 2.44. The van der Waals surface area contributed by atoms with Crippen molar-refractivity contribution in [3.8, 4) is 6.07 Å². The van der Waals surface area contributed by atoms with Gasteiger partial charge in [-0.25, -0.2) is 0 Å². The Labute approximate surface area is 123 Å². The minimum Gasteiger partial charge on any atom is -0.383 e. The number of aromatic nitrogens is 1. The fourth-order valence-electron chi connectivity index (χ4n) is 2.84. The van der Waals surface area contributed by atoms with Crippen LogP contribution in [0.4, 0.5) is 5.69 Å². The van der Waals surface area contributed by atoms with Crippen LogP contribution in [0, 0.1) is 11.3 Å². The fourth-order valence-corrected chi connectivity index (χ4v) is 3.01. The summed E-state index contributed by atoms with van der Waals surface area (Å²) in [7, 11) is 0. The molecule has 1 aliphatic carbocycles. The molecular weight excluding hydrogens is 270 g/mol. The number of hydrogen-bond acceptors (Lipinski definition) is 3. The zero-order valence-corrected chi connectivity index (χ0v) is 12.0. The highest BCUT2D eigenvalue weighted by atomic mass is 35.5. The number of hydrogen-bond donors (Lipinski definition) is 1. The second-order valence-corrected chi connectivity index (χ2v) is 5.55. The first-order valence-corrected chi connectivity index (χ1v) is 7.39. The Balaban J connectivity index is 2.13. The first-order chi connectivity index (χ1) is 9.79. The maximum atomic E-state index is 8.71. The molecule has 1 aromatic carbocycles. The van der Waals surface area contributed by atoms with Gasteiger partial charge in [0.25, 0.3) is 0 Å². The molecule has 2 aromatic rings. The molecule has 1 N–H and O–H groups in total. The second-order valence-electron chi connectivity index (χ2n) is 5.12. The number of nitrogens with one attached hydrogen (secondary N) is 1. The van der Waals surface area contributed by atoms with E-state index in [-0.39, 0.29) is 0 Å². The van der Waals surface area contributed by atoms with Crippen molar-refractivity contribution in [1.82, 2.24) is 4.98 Å². The van der Waals surface area contributed by atoms with E-state index in [1.807, 2.05) is 18.2 Å². The van der Waals surface area contributed by atoms with E-state index in [1.165, 1.54) is 24.1 Å². The lowest BCUT2D eigenvalue weighted by molar-refractivity contribution is 0.672. The quantitative estimate of drug-likeness (QED) is 0.864. The summed E-state index contributed by atoms with van der Waals surface area (Å²) in [5.74, 6) is 0. The normalized spacial score (nSPS) is 13.8.